The molecule has 0 aliphatic carbocycles. The van der Waals surface area contributed by atoms with Gasteiger partial charge in [0, 0.05) is 17.8 Å². The van der Waals surface area contributed by atoms with Gasteiger partial charge in [-0.3, -0.25) is 4.90 Å². The fourth-order valence-corrected chi connectivity index (χ4v) is 3.50. The number of rotatable bonds is 3. The van der Waals surface area contributed by atoms with E-state index >= 15 is 0 Å². The number of pyridine rings is 1. The highest BCUT2D eigenvalue weighted by Crippen LogP contribution is 2.29. The Morgan fingerprint density at radius 2 is 1.96 bits per heavy atom. The number of hydrogen-bond acceptors (Lipinski definition) is 3. The SMILES string of the molecule is Cc1nc2ncc(-c3cccc([C@H](C)N4CCCC4)c3)cc2[nH]1. The van der Waals surface area contributed by atoms with Crippen molar-refractivity contribution in [3.8, 4) is 11.1 Å². The fourth-order valence-electron chi connectivity index (χ4n) is 3.50. The van der Waals surface area contributed by atoms with E-state index in [0.29, 0.717) is 6.04 Å². The Morgan fingerprint density at radius 3 is 2.78 bits per heavy atom. The zero-order valence-corrected chi connectivity index (χ0v) is 13.7. The van der Waals surface area contributed by atoms with Gasteiger partial charge in [0.15, 0.2) is 5.65 Å². The zero-order chi connectivity index (χ0) is 15.8. The minimum atomic E-state index is 0.475. The van der Waals surface area contributed by atoms with Crippen molar-refractivity contribution >= 4 is 11.2 Å². The Balaban J connectivity index is 1.68. The average Bonchev–Trinajstić information content (AvgIpc) is 3.22. The Kier molecular flexibility index (Phi) is 3.62. The van der Waals surface area contributed by atoms with Crippen molar-refractivity contribution in [2.24, 2.45) is 0 Å². The van der Waals surface area contributed by atoms with E-state index < -0.39 is 0 Å². The van der Waals surface area contributed by atoms with E-state index in [1.54, 1.807) is 0 Å². The van der Waals surface area contributed by atoms with Gasteiger partial charge >= 0.3 is 0 Å². The van der Waals surface area contributed by atoms with Crippen LogP contribution < -0.4 is 0 Å². The maximum absolute atomic E-state index is 4.48. The summed E-state index contributed by atoms with van der Waals surface area (Å²) in [6.45, 7) is 6.70. The number of aryl methyl sites for hydroxylation is 1. The van der Waals surface area contributed by atoms with Crippen LogP contribution in [0.25, 0.3) is 22.3 Å². The number of nitrogens with one attached hydrogen (secondary N) is 1. The lowest BCUT2D eigenvalue weighted by Gasteiger charge is -2.24. The molecule has 0 spiro atoms. The van der Waals surface area contributed by atoms with Crippen LogP contribution in [0, 0.1) is 6.92 Å². The number of fused-ring (bicyclic) bond motifs is 1. The van der Waals surface area contributed by atoms with Gasteiger partial charge in [-0.2, -0.15) is 0 Å². The van der Waals surface area contributed by atoms with Gasteiger partial charge in [0.05, 0.1) is 5.52 Å². The Labute approximate surface area is 136 Å². The predicted octanol–water partition coefficient (Wildman–Crippen LogP) is 4.09. The normalized spacial score (nSPS) is 17.0. The van der Waals surface area contributed by atoms with Gasteiger partial charge in [-0.05, 0) is 63.0 Å². The predicted molar refractivity (Wildman–Crippen MR) is 93.3 cm³/mol. The van der Waals surface area contributed by atoms with Crippen LogP contribution in [0.3, 0.4) is 0 Å². The topological polar surface area (TPSA) is 44.8 Å². The van der Waals surface area contributed by atoms with Crippen molar-refractivity contribution in [1.82, 2.24) is 19.9 Å². The quantitative estimate of drug-likeness (QED) is 0.792. The molecule has 23 heavy (non-hydrogen) atoms. The minimum Gasteiger partial charge on any atom is -0.341 e. The summed E-state index contributed by atoms with van der Waals surface area (Å²) in [6.07, 6.45) is 4.57. The molecule has 1 aliphatic heterocycles. The van der Waals surface area contributed by atoms with Crippen LogP contribution in [-0.2, 0) is 0 Å². The summed E-state index contributed by atoms with van der Waals surface area (Å²) in [4.78, 5) is 14.7. The second-order valence-electron chi connectivity index (χ2n) is 6.46. The molecular formula is C19H22N4. The molecule has 0 bridgehead atoms. The standard InChI is InChI=1S/C19H22N4/c1-13(23-8-3-4-9-23)15-6-5-7-16(10-15)17-11-18-19(20-12-17)22-14(2)21-18/h5-7,10-13H,3-4,8-9H2,1-2H3,(H,20,21,22)/t13-/m0/s1. The molecule has 1 aliphatic rings. The van der Waals surface area contributed by atoms with E-state index in [1.807, 2.05) is 13.1 Å². The highest BCUT2D eigenvalue weighted by molar-refractivity contribution is 5.78. The molecule has 1 N–H and O–H groups in total. The molecule has 3 heterocycles. The molecule has 1 saturated heterocycles. The zero-order valence-electron chi connectivity index (χ0n) is 13.7. The first-order valence-corrected chi connectivity index (χ1v) is 8.37. The maximum atomic E-state index is 4.48. The van der Waals surface area contributed by atoms with Crippen molar-refractivity contribution in [1.29, 1.82) is 0 Å². The third-order valence-corrected chi connectivity index (χ3v) is 4.85. The van der Waals surface area contributed by atoms with E-state index in [1.165, 1.54) is 37.1 Å². The van der Waals surface area contributed by atoms with E-state index in [0.717, 1.165) is 22.6 Å². The number of H-pyrrole nitrogens is 1. The van der Waals surface area contributed by atoms with Crippen LogP contribution in [0.2, 0.25) is 0 Å². The van der Waals surface area contributed by atoms with Crippen LogP contribution in [0.5, 0.6) is 0 Å². The summed E-state index contributed by atoms with van der Waals surface area (Å²) in [6, 6.07) is 11.5. The summed E-state index contributed by atoms with van der Waals surface area (Å²) < 4.78 is 0. The van der Waals surface area contributed by atoms with Crippen molar-refractivity contribution in [2.45, 2.75) is 32.7 Å². The molecule has 2 aromatic heterocycles. The van der Waals surface area contributed by atoms with Gasteiger partial charge in [0.2, 0.25) is 0 Å². The van der Waals surface area contributed by atoms with Gasteiger partial charge in [0.1, 0.15) is 5.82 Å². The Morgan fingerprint density at radius 1 is 1.13 bits per heavy atom. The lowest BCUT2D eigenvalue weighted by molar-refractivity contribution is 0.263. The Hall–Kier alpha value is -2.20. The highest BCUT2D eigenvalue weighted by Gasteiger charge is 2.19. The molecule has 1 fully saturated rings. The number of hydrogen-bond donors (Lipinski definition) is 1. The summed E-state index contributed by atoms with van der Waals surface area (Å²) in [5, 5.41) is 0. The first kappa shape index (κ1) is 14.4. The molecule has 0 unspecified atom stereocenters. The second kappa shape index (κ2) is 5.78. The third kappa shape index (κ3) is 2.75. The van der Waals surface area contributed by atoms with Crippen molar-refractivity contribution in [3.63, 3.8) is 0 Å². The van der Waals surface area contributed by atoms with Crippen LogP contribution in [0.15, 0.2) is 36.5 Å². The minimum absolute atomic E-state index is 0.475. The van der Waals surface area contributed by atoms with Crippen LogP contribution in [-0.4, -0.2) is 32.9 Å². The molecule has 0 radical (unpaired) electrons. The average molecular weight is 306 g/mol. The van der Waals surface area contributed by atoms with E-state index in [2.05, 4.69) is 57.1 Å². The molecule has 3 aromatic rings. The Bertz CT molecular complexity index is 830. The molecule has 0 saturated carbocycles. The number of aromatic nitrogens is 3. The first-order chi connectivity index (χ1) is 11.2. The largest absolute Gasteiger partial charge is 0.341 e. The number of imidazole rings is 1. The summed E-state index contributed by atoms with van der Waals surface area (Å²) in [5.41, 5.74) is 5.52. The lowest BCUT2D eigenvalue weighted by Crippen LogP contribution is -2.23. The first-order valence-electron chi connectivity index (χ1n) is 8.37. The molecule has 4 nitrogen and oxygen atoms in total. The highest BCUT2D eigenvalue weighted by atomic mass is 15.2. The number of aromatic amines is 1. The molecule has 4 rings (SSSR count). The summed E-state index contributed by atoms with van der Waals surface area (Å²) in [5.74, 6) is 0.904. The third-order valence-electron chi connectivity index (χ3n) is 4.85. The lowest BCUT2D eigenvalue weighted by atomic mass is 10.0. The van der Waals surface area contributed by atoms with Crippen LogP contribution >= 0.6 is 0 Å². The fraction of sp³-hybridized carbons (Fsp3) is 0.368. The second-order valence-corrected chi connectivity index (χ2v) is 6.46. The van der Waals surface area contributed by atoms with Gasteiger partial charge < -0.3 is 4.98 Å². The number of likely N-dealkylation sites (tertiary alicyclic amines) is 1. The van der Waals surface area contributed by atoms with Gasteiger partial charge in [0.25, 0.3) is 0 Å². The maximum Gasteiger partial charge on any atom is 0.177 e. The molecule has 0 amide bonds. The van der Waals surface area contributed by atoms with Gasteiger partial charge in [-0.15, -0.1) is 0 Å². The van der Waals surface area contributed by atoms with Crippen molar-refractivity contribution in [3.05, 3.63) is 47.9 Å². The number of benzene rings is 1. The molecule has 1 atom stereocenters. The van der Waals surface area contributed by atoms with Gasteiger partial charge in [-0.25, -0.2) is 9.97 Å². The van der Waals surface area contributed by atoms with Crippen molar-refractivity contribution in [2.75, 3.05) is 13.1 Å². The molecule has 1 aromatic carbocycles. The molecular weight excluding hydrogens is 284 g/mol. The van der Waals surface area contributed by atoms with E-state index in [4.69, 9.17) is 0 Å². The van der Waals surface area contributed by atoms with E-state index in [9.17, 15) is 0 Å². The number of nitrogens with zero attached hydrogens (tertiary/aromatic N) is 3. The summed E-state index contributed by atoms with van der Waals surface area (Å²) in [7, 11) is 0. The summed E-state index contributed by atoms with van der Waals surface area (Å²) >= 11 is 0. The molecule has 118 valence electrons. The molecule has 4 heteroatoms. The smallest absolute Gasteiger partial charge is 0.177 e. The van der Waals surface area contributed by atoms with Crippen LogP contribution in [0.1, 0.15) is 37.2 Å². The monoisotopic (exact) mass is 306 g/mol. The van der Waals surface area contributed by atoms with Gasteiger partial charge in [-0.1, -0.05) is 18.2 Å². The van der Waals surface area contributed by atoms with E-state index in [-0.39, 0.29) is 0 Å². The van der Waals surface area contributed by atoms with Crippen LogP contribution in [0.4, 0.5) is 0 Å². The van der Waals surface area contributed by atoms with Crippen molar-refractivity contribution < 1.29 is 0 Å².